The number of hydrogen-bond donors (Lipinski definition) is 2. The first-order chi connectivity index (χ1) is 13.4. The number of allylic oxidation sites excluding steroid dienone is 4. The molecule has 0 amide bonds. The van der Waals surface area contributed by atoms with E-state index in [2.05, 4.69) is 32.9 Å². The number of rotatable bonds is 8. The Labute approximate surface area is 167 Å². The summed E-state index contributed by atoms with van der Waals surface area (Å²) < 4.78 is 0. The van der Waals surface area contributed by atoms with Gasteiger partial charge in [0.25, 0.3) is 0 Å². The first kappa shape index (κ1) is 21.2. The molecule has 3 nitrogen and oxygen atoms in total. The summed E-state index contributed by atoms with van der Waals surface area (Å²) >= 11 is 0. The molecule has 0 aliphatic heterocycles. The molecule has 0 aliphatic rings. The number of benzene rings is 2. The van der Waals surface area contributed by atoms with Gasteiger partial charge >= 0.3 is 0 Å². The zero-order valence-corrected chi connectivity index (χ0v) is 16.8. The second-order valence-electron chi connectivity index (χ2n) is 7.23. The third-order valence-corrected chi connectivity index (χ3v) is 4.51. The molecule has 0 radical (unpaired) electrons. The van der Waals surface area contributed by atoms with Crippen LogP contribution in [-0.2, 0) is 6.42 Å². The predicted molar refractivity (Wildman–Crippen MR) is 117 cm³/mol. The van der Waals surface area contributed by atoms with Crippen LogP contribution in [0.3, 0.4) is 0 Å². The highest BCUT2D eigenvalue weighted by Gasteiger charge is 2.08. The first-order valence-electron chi connectivity index (χ1n) is 9.46. The molecule has 2 N–H and O–H groups in total. The molecule has 2 rings (SSSR count). The lowest BCUT2D eigenvalue weighted by molar-refractivity contribution is 0.112. The third kappa shape index (κ3) is 6.58. The molecule has 0 saturated heterocycles. The Kier molecular flexibility index (Phi) is 7.82. The van der Waals surface area contributed by atoms with Crippen LogP contribution in [-0.4, -0.2) is 16.5 Å². The quantitative estimate of drug-likeness (QED) is 0.322. The van der Waals surface area contributed by atoms with Gasteiger partial charge in [0.1, 0.15) is 17.8 Å². The van der Waals surface area contributed by atoms with Crippen LogP contribution in [0.4, 0.5) is 0 Å². The van der Waals surface area contributed by atoms with Crippen molar-refractivity contribution in [2.45, 2.75) is 40.0 Å². The van der Waals surface area contributed by atoms with Crippen molar-refractivity contribution >= 4 is 18.4 Å². The monoisotopic (exact) mass is 376 g/mol. The Morgan fingerprint density at radius 1 is 0.857 bits per heavy atom. The summed E-state index contributed by atoms with van der Waals surface area (Å²) in [5.74, 6) is 0.175. The van der Waals surface area contributed by atoms with Crippen molar-refractivity contribution in [3.8, 4) is 11.5 Å². The molecule has 0 aromatic heterocycles. The second kappa shape index (κ2) is 10.3. The molecule has 0 fully saturated rings. The number of phenolic OH excluding ortho intramolecular Hbond substituents is 2. The van der Waals surface area contributed by atoms with Crippen molar-refractivity contribution in [1.82, 2.24) is 0 Å². The minimum Gasteiger partial charge on any atom is -0.507 e. The molecule has 0 bridgehead atoms. The van der Waals surface area contributed by atoms with Crippen LogP contribution in [0.2, 0.25) is 0 Å². The summed E-state index contributed by atoms with van der Waals surface area (Å²) in [4.78, 5) is 10.7. The predicted octanol–water partition coefficient (Wildman–Crippen LogP) is 6.32. The van der Waals surface area contributed by atoms with E-state index < -0.39 is 0 Å². The highest BCUT2D eigenvalue weighted by atomic mass is 16.3. The lowest BCUT2D eigenvalue weighted by Gasteiger charge is -2.08. The van der Waals surface area contributed by atoms with Crippen molar-refractivity contribution < 1.29 is 15.0 Å². The SMILES string of the molecule is CC(C)=CCC/C(C)=C/Cc1c(O)cc(/C=C/c2ccc(C=O)cc2)cc1O. The van der Waals surface area contributed by atoms with Crippen LogP contribution in [0.15, 0.2) is 59.7 Å². The number of aromatic hydroxyl groups is 2. The Bertz CT molecular complexity index is 873. The molecule has 0 atom stereocenters. The summed E-state index contributed by atoms with van der Waals surface area (Å²) in [6.07, 6.45) is 11.2. The smallest absolute Gasteiger partial charge is 0.150 e. The molecular weight excluding hydrogens is 348 g/mol. The third-order valence-electron chi connectivity index (χ3n) is 4.51. The van der Waals surface area contributed by atoms with E-state index in [9.17, 15) is 15.0 Å². The number of hydrogen-bond acceptors (Lipinski definition) is 3. The minimum atomic E-state index is 0.0873. The van der Waals surface area contributed by atoms with E-state index in [0.717, 1.165) is 24.7 Å². The molecule has 3 heteroatoms. The maximum absolute atomic E-state index is 10.7. The molecule has 0 unspecified atom stereocenters. The van der Waals surface area contributed by atoms with Crippen molar-refractivity contribution in [3.63, 3.8) is 0 Å². The van der Waals surface area contributed by atoms with E-state index in [4.69, 9.17) is 0 Å². The van der Waals surface area contributed by atoms with Crippen LogP contribution in [0.1, 0.15) is 60.7 Å². The fourth-order valence-electron chi connectivity index (χ4n) is 2.81. The summed E-state index contributed by atoms with van der Waals surface area (Å²) in [7, 11) is 0. The van der Waals surface area contributed by atoms with Crippen molar-refractivity contribution in [2.24, 2.45) is 0 Å². The Hall–Kier alpha value is -3.07. The fourth-order valence-corrected chi connectivity index (χ4v) is 2.81. The van der Waals surface area contributed by atoms with Crippen LogP contribution in [0.25, 0.3) is 12.2 Å². The maximum atomic E-state index is 10.7. The van der Waals surface area contributed by atoms with Crippen molar-refractivity contribution in [3.05, 3.63) is 82.0 Å². The molecule has 0 aliphatic carbocycles. The molecule has 0 saturated carbocycles. The van der Waals surface area contributed by atoms with Gasteiger partial charge in [-0.15, -0.1) is 0 Å². The largest absolute Gasteiger partial charge is 0.507 e. The second-order valence-corrected chi connectivity index (χ2v) is 7.23. The van der Waals surface area contributed by atoms with Gasteiger partial charge in [0.15, 0.2) is 0 Å². The average molecular weight is 376 g/mol. The topological polar surface area (TPSA) is 57.5 Å². The van der Waals surface area contributed by atoms with E-state index in [1.54, 1.807) is 24.3 Å². The van der Waals surface area contributed by atoms with Gasteiger partial charge in [0.2, 0.25) is 0 Å². The van der Waals surface area contributed by atoms with Crippen LogP contribution in [0, 0.1) is 0 Å². The molecular formula is C25H28O3. The normalized spacial score (nSPS) is 11.6. The van der Waals surface area contributed by atoms with Crippen molar-refractivity contribution in [1.29, 1.82) is 0 Å². The number of aldehydes is 1. The zero-order valence-electron chi connectivity index (χ0n) is 16.8. The highest BCUT2D eigenvalue weighted by Crippen LogP contribution is 2.31. The van der Waals surface area contributed by atoms with E-state index >= 15 is 0 Å². The molecule has 146 valence electrons. The minimum absolute atomic E-state index is 0.0873. The summed E-state index contributed by atoms with van der Waals surface area (Å²) in [5.41, 5.74) is 5.35. The van der Waals surface area contributed by atoms with E-state index in [0.29, 0.717) is 23.1 Å². The summed E-state index contributed by atoms with van der Waals surface area (Å²) in [6, 6.07) is 10.5. The van der Waals surface area contributed by atoms with Gasteiger partial charge in [-0.2, -0.15) is 0 Å². The lowest BCUT2D eigenvalue weighted by atomic mass is 10.0. The van der Waals surface area contributed by atoms with Gasteiger partial charge in [-0.1, -0.05) is 59.7 Å². The van der Waals surface area contributed by atoms with Crippen LogP contribution in [0.5, 0.6) is 11.5 Å². The molecule has 0 heterocycles. The lowest BCUT2D eigenvalue weighted by Crippen LogP contribution is -1.88. The zero-order chi connectivity index (χ0) is 20.5. The number of carbonyl (C=O) groups excluding carboxylic acids is 1. The Balaban J connectivity index is 2.08. The standard InChI is InChI=1S/C25H28O3/c1-18(2)5-4-6-19(3)7-14-23-24(27)15-22(16-25(23)28)13-10-20-8-11-21(17-26)12-9-20/h5,7-13,15-17,27-28H,4,6,14H2,1-3H3/b13-10+,19-7+. The first-order valence-corrected chi connectivity index (χ1v) is 9.46. The highest BCUT2D eigenvalue weighted by molar-refractivity contribution is 5.77. The molecule has 2 aromatic rings. The Morgan fingerprint density at radius 3 is 2.00 bits per heavy atom. The summed E-state index contributed by atoms with van der Waals surface area (Å²) in [5, 5.41) is 20.7. The van der Waals surface area contributed by atoms with Gasteiger partial charge in [0.05, 0.1) is 0 Å². The van der Waals surface area contributed by atoms with E-state index in [1.165, 1.54) is 11.1 Å². The average Bonchev–Trinajstić information content (AvgIpc) is 2.65. The number of carbonyl (C=O) groups is 1. The van der Waals surface area contributed by atoms with Crippen LogP contribution >= 0.6 is 0 Å². The number of phenols is 2. The summed E-state index contributed by atoms with van der Waals surface area (Å²) in [6.45, 7) is 6.25. The van der Waals surface area contributed by atoms with Gasteiger partial charge in [-0.3, -0.25) is 4.79 Å². The molecule has 2 aromatic carbocycles. The van der Waals surface area contributed by atoms with Gasteiger partial charge < -0.3 is 10.2 Å². The van der Waals surface area contributed by atoms with E-state index in [1.807, 2.05) is 24.3 Å². The maximum Gasteiger partial charge on any atom is 0.150 e. The Morgan fingerprint density at radius 2 is 1.43 bits per heavy atom. The fraction of sp³-hybridized carbons (Fsp3) is 0.240. The van der Waals surface area contributed by atoms with E-state index in [-0.39, 0.29) is 11.5 Å². The van der Waals surface area contributed by atoms with Crippen LogP contribution < -0.4 is 0 Å². The van der Waals surface area contributed by atoms with Gasteiger partial charge in [-0.25, -0.2) is 0 Å². The van der Waals surface area contributed by atoms with Gasteiger partial charge in [0, 0.05) is 11.1 Å². The van der Waals surface area contributed by atoms with Crippen molar-refractivity contribution in [2.75, 3.05) is 0 Å². The molecule has 28 heavy (non-hydrogen) atoms. The van der Waals surface area contributed by atoms with Gasteiger partial charge in [-0.05, 0) is 63.3 Å². The molecule has 0 spiro atoms.